The SMILES string of the molecule is CCCNC(CC1CCC(F)(F)C1)C1CCC1. The molecule has 0 aromatic heterocycles. The van der Waals surface area contributed by atoms with Gasteiger partial charge in [-0.1, -0.05) is 13.3 Å². The van der Waals surface area contributed by atoms with Gasteiger partial charge in [-0.3, -0.25) is 0 Å². The fourth-order valence-corrected chi connectivity index (χ4v) is 3.22. The number of halogens is 2. The molecule has 17 heavy (non-hydrogen) atoms. The topological polar surface area (TPSA) is 12.0 Å². The Morgan fingerprint density at radius 2 is 2.06 bits per heavy atom. The zero-order chi connectivity index (χ0) is 12.3. The van der Waals surface area contributed by atoms with Gasteiger partial charge in [0.05, 0.1) is 0 Å². The molecular formula is C14H25F2N. The Labute approximate surface area is 103 Å². The van der Waals surface area contributed by atoms with Gasteiger partial charge in [-0.05, 0) is 50.5 Å². The summed E-state index contributed by atoms with van der Waals surface area (Å²) in [5.41, 5.74) is 0. The Hall–Kier alpha value is -0.180. The molecule has 0 spiro atoms. The number of hydrogen-bond acceptors (Lipinski definition) is 1. The van der Waals surface area contributed by atoms with Crippen molar-refractivity contribution in [3.05, 3.63) is 0 Å². The molecule has 0 saturated heterocycles. The van der Waals surface area contributed by atoms with E-state index in [1.807, 2.05) is 0 Å². The first-order valence-corrected chi connectivity index (χ1v) is 7.22. The van der Waals surface area contributed by atoms with Crippen LogP contribution in [0.5, 0.6) is 0 Å². The zero-order valence-electron chi connectivity index (χ0n) is 10.9. The van der Waals surface area contributed by atoms with Crippen LogP contribution in [0.15, 0.2) is 0 Å². The molecule has 2 fully saturated rings. The van der Waals surface area contributed by atoms with E-state index < -0.39 is 5.92 Å². The Bertz CT molecular complexity index is 238. The molecule has 0 aromatic rings. The van der Waals surface area contributed by atoms with Crippen LogP contribution in [-0.2, 0) is 0 Å². The third kappa shape index (κ3) is 3.64. The highest BCUT2D eigenvalue weighted by atomic mass is 19.3. The first-order valence-electron chi connectivity index (χ1n) is 7.22. The van der Waals surface area contributed by atoms with Gasteiger partial charge in [0.15, 0.2) is 0 Å². The van der Waals surface area contributed by atoms with Gasteiger partial charge in [0.1, 0.15) is 0 Å². The van der Waals surface area contributed by atoms with Crippen LogP contribution in [0.3, 0.4) is 0 Å². The van der Waals surface area contributed by atoms with E-state index in [1.165, 1.54) is 19.3 Å². The van der Waals surface area contributed by atoms with E-state index in [0.29, 0.717) is 6.04 Å². The van der Waals surface area contributed by atoms with Crippen molar-refractivity contribution in [1.82, 2.24) is 5.32 Å². The van der Waals surface area contributed by atoms with Gasteiger partial charge in [-0.25, -0.2) is 8.78 Å². The fraction of sp³-hybridized carbons (Fsp3) is 1.00. The van der Waals surface area contributed by atoms with E-state index in [1.54, 1.807) is 0 Å². The lowest BCUT2D eigenvalue weighted by atomic mass is 9.76. The van der Waals surface area contributed by atoms with Crippen molar-refractivity contribution in [2.24, 2.45) is 11.8 Å². The van der Waals surface area contributed by atoms with Gasteiger partial charge in [0.2, 0.25) is 5.92 Å². The van der Waals surface area contributed by atoms with Crippen LogP contribution in [0, 0.1) is 11.8 Å². The van der Waals surface area contributed by atoms with E-state index in [-0.39, 0.29) is 18.8 Å². The minimum atomic E-state index is -2.38. The van der Waals surface area contributed by atoms with Crippen LogP contribution in [0.25, 0.3) is 0 Å². The number of rotatable bonds is 6. The van der Waals surface area contributed by atoms with Gasteiger partial charge in [-0.2, -0.15) is 0 Å². The van der Waals surface area contributed by atoms with Crippen LogP contribution in [0.1, 0.15) is 58.3 Å². The molecular weight excluding hydrogens is 220 g/mol. The average molecular weight is 245 g/mol. The highest BCUT2D eigenvalue weighted by Gasteiger charge is 2.41. The van der Waals surface area contributed by atoms with Crippen molar-refractivity contribution >= 4 is 0 Å². The second-order valence-corrected chi connectivity index (χ2v) is 5.95. The van der Waals surface area contributed by atoms with Crippen molar-refractivity contribution in [1.29, 1.82) is 0 Å². The molecule has 0 amide bonds. The quantitative estimate of drug-likeness (QED) is 0.746. The maximum absolute atomic E-state index is 13.2. The van der Waals surface area contributed by atoms with Crippen molar-refractivity contribution in [3.8, 4) is 0 Å². The monoisotopic (exact) mass is 245 g/mol. The predicted molar refractivity (Wildman–Crippen MR) is 66.3 cm³/mol. The Kier molecular flexibility index (Phi) is 4.40. The van der Waals surface area contributed by atoms with E-state index in [2.05, 4.69) is 12.2 Å². The van der Waals surface area contributed by atoms with E-state index in [0.717, 1.165) is 31.7 Å². The molecule has 1 nitrogen and oxygen atoms in total. The molecule has 100 valence electrons. The summed E-state index contributed by atoms with van der Waals surface area (Å²) < 4.78 is 26.3. The first kappa shape index (κ1) is 13.3. The molecule has 1 N–H and O–H groups in total. The van der Waals surface area contributed by atoms with Crippen LogP contribution < -0.4 is 5.32 Å². The van der Waals surface area contributed by atoms with E-state index in [4.69, 9.17) is 0 Å². The minimum Gasteiger partial charge on any atom is -0.314 e. The molecule has 0 bridgehead atoms. The van der Waals surface area contributed by atoms with Crippen molar-refractivity contribution in [2.45, 2.75) is 70.3 Å². The smallest absolute Gasteiger partial charge is 0.248 e. The summed E-state index contributed by atoms with van der Waals surface area (Å²) in [6.07, 6.45) is 6.99. The molecule has 2 aliphatic rings. The molecule has 2 unspecified atom stereocenters. The summed E-state index contributed by atoms with van der Waals surface area (Å²) in [5.74, 6) is -1.37. The standard InChI is InChI=1S/C14H25F2N/c1-2-8-17-13(12-4-3-5-12)9-11-6-7-14(15,16)10-11/h11-13,17H,2-10H2,1H3. The predicted octanol–water partition coefficient (Wildman–Crippen LogP) is 3.98. The number of nitrogens with one attached hydrogen (secondary N) is 1. The van der Waals surface area contributed by atoms with Gasteiger partial charge in [0.25, 0.3) is 0 Å². The van der Waals surface area contributed by atoms with Crippen LogP contribution >= 0.6 is 0 Å². The van der Waals surface area contributed by atoms with Crippen molar-refractivity contribution in [2.75, 3.05) is 6.54 Å². The summed E-state index contributed by atoms with van der Waals surface area (Å²) in [6, 6.07) is 0.502. The third-order valence-corrected chi connectivity index (χ3v) is 4.47. The van der Waals surface area contributed by atoms with E-state index in [9.17, 15) is 8.78 Å². The van der Waals surface area contributed by atoms with Crippen LogP contribution in [0.4, 0.5) is 8.78 Å². The normalized spacial score (nSPS) is 30.2. The number of alkyl halides is 2. The molecule has 2 atom stereocenters. The molecule has 0 aromatic carbocycles. The Morgan fingerprint density at radius 1 is 1.29 bits per heavy atom. The average Bonchev–Trinajstić information content (AvgIpc) is 2.52. The second-order valence-electron chi connectivity index (χ2n) is 5.95. The Balaban J connectivity index is 1.80. The van der Waals surface area contributed by atoms with Crippen molar-refractivity contribution in [3.63, 3.8) is 0 Å². The first-order chi connectivity index (χ1) is 8.11. The maximum atomic E-state index is 13.2. The van der Waals surface area contributed by atoms with E-state index >= 15 is 0 Å². The summed E-state index contributed by atoms with van der Waals surface area (Å²) in [5, 5.41) is 3.58. The summed E-state index contributed by atoms with van der Waals surface area (Å²) in [6.45, 7) is 3.19. The van der Waals surface area contributed by atoms with Crippen molar-refractivity contribution < 1.29 is 8.78 Å². The third-order valence-electron chi connectivity index (χ3n) is 4.47. The molecule has 0 heterocycles. The lowest BCUT2D eigenvalue weighted by Crippen LogP contribution is -2.41. The molecule has 0 aliphatic heterocycles. The molecule has 2 saturated carbocycles. The molecule has 2 rings (SSSR count). The summed E-state index contributed by atoms with van der Waals surface area (Å²) in [4.78, 5) is 0. The highest BCUT2D eigenvalue weighted by molar-refractivity contribution is 4.89. The fourth-order valence-electron chi connectivity index (χ4n) is 3.22. The minimum absolute atomic E-state index is 0.114. The maximum Gasteiger partial charge on any atom is 0.248 e. The van der Waals surface area contributed by atoms with Gasteiger partial charge < -0.3 is 5.32 Å². The Morgan fingerprint density at radius 3 is 2.53 bits per heavy atom. The van der Waals surface area contributed by atoms with Gasteiger partial charge in [0, 0.05) is 18.9 Å². The van der Waals surface area contributed by atoms with Crippen LogP contribution in [-0.4, -0.2) is 18.5 Å². The summed E-state index contributed by atoms with van der Waals surface area (Å²) in [7, 11) is 0. The van der Waals surface area contributed by atoms with Gasteiger partial charge in [-0.15, -0.1) is 0 Å². The zero-order valence-corrected chi connectivity index (χ0v) is 10.9. The molecule has 2 aliphatic carbocycles. The molecule has 3 heteroatoms. The number of hydrogen-bond donors (Lipinski definition) is 1. The van der Waals surface area contributed by atoms with Crippen LogP contribution in [0.2, 0.25) is 0 Å². The summed E-state index contributed by atoms with van der Waals surface area (Å²) >= 11 is 0. The highest BCUT2D eigenvalue weighted by Crippen LogP contribution is 2.42. The molecule has 0 radical (unpaired) electrons. The lowest BCUT2D eigenvalue weighted by Gasteiger charge is -2.36. The second kappa shape index (κ2) is 5.64. The lowest BCUT2D eigenvalue weighted by molar-refractivity contribution is 0.00372. The van der Waals surface area contributed by atoms with Gasteiger partial charge >= 0.3 is 0 Å². The largest absolute Gasteiger partial charge is 0.314 e.